The summed E-state index contributed by atoms with van der Waals surface area (Å²) in [5.74, 6) is -1.15. The quantitative estimate of drug-likeness (QED) is 0.678. The van der Waals surface area contributed by atoms with Crippen LogP contribution in [0.3, 0.4) is 0 Å². The number of hydrogen-bond acceptors (Lipinski definition) is 3. The Morgan fingerprint density at radius 2 is 2.20 bits per heavy atom. The Balaban J connectivity index is 3.43. The lowest BCUT2D eigenvalue weighted by Gasteiger charge is -2.04. The van der Waals surface area contributed by atoms with Crippen molar-refractivity contribution in [1.29, 1.82) is 0 Å². The van der Waals surface area contributed by atoms with Crippen LogP contribution in [0.25, 0.3) is 0 Å². The molecule has 6 heteroatoms. The summed E-state index contributed by atoms with van der Waals surface area (Å²) in [5, 5.41) is 19.4. The van der Waals surface area contributed by atoms with E-state index in [-0.39, 0.29) is 11.3 Å². The van der Waals surface area contributed by atoms with Crippen LogP contribution in [0, 0.1) is 10.1 Å². The van der Waals surface area contributed by atoms with Gasteiger partial charge in [0.25, 0.3) is 5.69 Å². The highest BCUT2D eigenvalue weighted by atomic mass is 79.9. The van der Waals surface area contributed by atoms with E-state index in [0.717, 1.165) is 6.07 Å². The van der Waals surface area contributed by atoms with Gasteiger partial charge < -0.3 is 5.11 Å². The molecule has 0 atom stereocenters. The molecule has 1 aromatic carbocycles. The minimum absolute atomic E-state index is 0.0209. The van der Waals surface area contributed by atoms with Gasteiger partial charge in [-0.2, -0.15) is 0 Å². The van der Waals surface area contributed by atoms with Crippen molar-refractivity contribution in [2.75, 3.05) is 0 Å². The number of hydrogen-bond donors (Lipinski definition) is 1. The van der Waals surface area contributed by atoms with E-state index in [1.807, 2.05) is 0 Å². The molecule has 15 heavy (non-hydrogen) atoms. The van der Waals surface area contributed by atoms with Crippen molar-refractivity contribution in [3.05, 3.63) is 37.8 Å². The number of nitro benzene ring substituents is 1. The monoisotopic (exact) mass is 273 g/mol. The first-order chi connectivity index (χ1) is 6.97. The van der Waals surface area contributed by atoms with Gasteiger partial charge in [-0.05, 0) is 34.0 Å². The zero-order valence-electron chi connectivity index (χ0n) is 7.86. The summed E-state index contributed by atoms with van der Waals surface area (Å²) >= 11 is 3.04. The second-order valence-electron chi connectivity index (χ2n) is 2.88. The van der Waals surface area contributed by atoms with Gasteiger partial charge in [-0.3, -0.25) is 10.1 Å². The molecule has 0 bridgehead atoms. The lowest BCUT2D eigenvalue weighted by Crippen LogP contribution is -2.03. The Hall–Kier alpha value is -1.43. The maximum atomic E-state index is 10.8. The molecule has 1 aromatic rings. The molecule has 0 saturated carbocycles. The van der Waals surface area contributed by atoms with Crippen LogP contribution < -0.4 is 0 Å². The minimum Gasteiger partial charge on any atom is -0.478 e. The first-order valence-electron chi connectivity index (χ1n) is 4.17. The molecule has 0 aromatic heterocycles. The number of aromatic carboxylic acids is 1. The number of nitro groups is 1. The van der Waals surface area contributed by atoms with Crippen LogP contribution in [0.15, 0.2) is 16.6 Å². The van der Waals surface area contributed by atoms with Crippen molar-refractivity contribution in [2.45, 2.75) is 13.3 Å². The van der Waals surface area contributed by atoms with E-state index in [0.29, 0.717) is 16.5 Å². The highest BCUT2D eigenvalue weighted by Gasteiger charge is 2.19. The van der Waals surface area contributed by atoms with E-state index >= 15 is 0 Å². The Labute approximate surface area is 94.0 Å². The number of carboxylic acid groups (broad SMARTS) is 1. The van der Waals surface area contributed by atoms with Crippen LogP contribution in [0.4, 0.5) is 5.69 Å². The Morgan fingerprint density at radius 3 is 2.60 bits per heavy atom. The molecule has 5 nitrogen and oxygen atoms in total. The van der Waals surface area contributed by atoms with E-state index in [1.54, 1.807) is 6.92 Å². The van der Waals surface area contributed by atoms with Crippen LogP contribution in [-0.4, -0.2) is 16.0 Å². The molecule has 0 saturated heterocycles. The smallest absolute Gasteiger partial charge is 0.336 e. The van der Waals surface area contributed by atoms with Crippen molar-refractivity contribution >= 4 is 27.6 Å². The predicted molar refractivity (Wildman–Crippen MR) is 57.1 cm³/mol. The number of rotatable bonds is 3. The average molecular weight is 274 g/mol. The van der Waals surface area contributed by atoms with E-state index in [4.69, 9.17) is 5.11 Å². The maximum Gasteiger partial charge on any atom is 0.336 e. The number of halogens is 1. The second-order valence-corrected chi connectivity index (χ2v) is 3.73. The van der Waals surface area contributed by atoms with Crippen molar-refractivity contribution in [3.8, 4) is 0 Å². The van der Waals surface area contributed by atoms with Gasteiger partial charge in [-0.1, -0.05) is 6.92 Å². The van der Waals surface area contributed by atoms with Gasteiger partial charge in [0.2, 0.25) is 0 Å². The molecule has 0 amide bonds. The first-order valence-corrected chi connectivity index (χ1v) is 4.96. The zero-order valence-corrected chi connectivity index (χ0v) is 9.44. The fraction of sp³-hybridized carbons (Fsp3) is 0.222. The van der Waals surface area contributed by atoms with Gasteiger partial charge in [0.05, 0.1) is 15.0 Å². The van der Waals surface area contributed by atoms with Gasteiger partial charge in [-0.25, -0.2) is 4.79 Å². The average Bonchev–Trinajstić information content (AvgIpc) is 2.16. The zero-order chi connectivity index (χ0) is 11.6. The fourth-order valence-corrected chi connectivity index (χ4v) is 1.77. The third kappa shape index (κ3) is 2.33. The van der Waals surface area contributed by atoms with Crippen LogP contribution in [-0.2, 0) is 6.42 Å². The van der Waals surface area contributed by atoms with Gasteiger partial charge in [0, 0.05) is 6.07 Å². The molecule has 0 spiro atoms. The highest BCUT2D eigenvalue weighted by molar-refractivity contribution is 9.10. The number of carbonyl (C=O) groups is 1. The van der Waals surface area contributed by atoms with Crippen molar-refractivity contribution in [1.82, 2.24) is 0 Å². The van der Waals surface area contributed by atoms with Crippen LogP contribution in [0.5, 0.6) is 0 Å². The standard InChI is InChI=1S/C9H8BrNO4/c1-2-5-3-7(10)8(11(14)15)4-6(5)9(12)13/h3-4H,2H2,1H3,(H,12,13). The van der Waals surface area contributed by atoms with Crippen molar-refractivity contribution < 1.29 is 14.8 Å². The highest BCUT2D eigenvalue weighted by Crippen LogP contribution is 2.28. The van der Waals surface area contributed by atoms with Crippen LogP contribution >= 0.6 is 15.9 Å². The molecule has 80 valence electrons. The van der Waals surface area contributed by atoms with E-state index in [9.17, 15) is 14.9 Å². The molecule has 0 aliphatic heterocycles. The summed E-state index contributed by atoms with van der Waals surface area (Å²) < 4.78 is 0.300. The molecule has 0 unspecified atom stereocenters. The normalized spacial score (nSPS) is 10.0. The van der Waals surface area contributed by atoms with Gasteiger partial charge >= 0.3 is 5.97 Å². The molecule has 1 rings (SSSR count). The third-order valence-corrected chi connectivity index (χ3v) is 2.62. The molecular formula is C9H8BrNO4. The summed E-state index contributed by atoms with van der Waals surface area (Å²) in [4.78, 5) is 20.8. The van der Waals surface area contributed by atoms with E-state index < -0.39 is 10.9 Å². The number of nitrogens with zero attached hydrogens (tertiary/aromatic N) is 1. The fourth-order valence-electron chi connectivity index (χ4n) is 1.23. The lowest BCUT2D eigenvalue weighted by molar-refractivity contribution is -0.385. The summed E-state index contributed by atoms with van der Waals surface area (Å²) in [5.41, 5.74) is 0.317. The van der Waals surface area contributed by atoms with Gasteiger partial charge in [0.15, 0.2) is 0 Å². The number of aryl methyl sites for hydroxylation is 1. The Morgan fingerprint density at radius 1 is 1.60 bits per heavy atom. The predicted octanol–water partition coefficient (Wildman–Crippen LogP) is 2.62. The van der Waals surface area contributed by atoms with Gasteiger partial charge in [-0.15, -0.1) is 0 Å². The molecule has 0 aliphatic rings. The second kappa shape index (κ2) is 4.39. The number of carboxylic acids is 1. The van der Waals surface area contributed by atoms with Crippen molar-refractivity contribution in [3.63, 3.8) is 0 Å². The first kappa shape index (κ1) is 11.6. The minimum atomic E-state index is -1.15. The summed E-state index contributed by atoms with van der Waals surface area (Å²) in [6.07, 6.45) is 0.512. The summed E-state index contributed by atoms with van der Waals surface area (Å²) in [7, 11) is 0. The largest absolute Gasteiger partial charge is 0.478 e. The van der Waals surface area contributed by atoms with Crippen LogP contribution in [0.1, 0.15) is 22.8 Å². The topological polar surface area (TPSA) is 80.4 Å². The number of benzene rings is 1. The van der Waals surface area contributed by atoms with E-state index in [1.165, 1.54) is 6.07 Å². The summed E-state index contributed by atoms with van der Waals surface area (Å²) in [6, 6.07) is 2.55. The van der Waals surface area contributed by atoms with Crippen LogP contribution in [0.2, 0.25) is 0 Å². The SMILES string of the molecule is CCc1cc(Br)c([N+](=O)[O-])cc1C(=O)O. The Bertz CT molecular complexity index is 430. The molecule has 0 aliphatic carbocycles. The molecular weight excluding hydrogens is 266 g/mol. The molecule has 0 heterocycles. The molecule has 1 N–H and O–H groups in total. The Kier molecular flexibility index (Phi) is 3.41. The maximum absolute atomic E-state index is 10.8. The third-order valence-electron chi connectivity index (χ3n) is 1.98. The van der Waals surface area contributed by atoms with E-state index in [2.05, 4.69) is 15.9 Å². The van der Waals surface area contributed by atoms with Crippen molar-refractivity contribution in [2.24, 2.45) is 0 Å². The van der Waals surface area contributed by atoms with Gasteiger partial charge in [0.1, 0.15) is 0 Å². The molecule has 0 radical (unpaired) electrons. The molecule has 0 fully saturated rings. The lowest BCUT2D eigenvalue weighted by atomic mass is 10.0. The summed E-state index contributed by atoms with van der Waals surface area (Å²) in [6.45, 7) is 1.79.